The van der Waals surface area contributed by atoms with Gasteiger partial charge in [-0.2, -0.15) is 0 Å². The quantitative estimate of drug-likeness (QED) is 0.777. The van der Waals surface area contributed by atoms with Crippen LogP contribution in [0.25, 0.3) is 0 Å². The number of rotatable bonds is 4. The predicted molar refractivity (Wildman–Crippen MR) is 74.4 cm³/mol. The molecule has 1 aliphatic heterocycles. The van der Waals surface area contributed by atoms with Crippen molar-refractivity contribution in [2.24, 2.45) is 23.2 Å². The van der Waals surface area contributed by atoms with Crippen LogP contribution in [0.4, 0.5) is 0 Å². The Morgan fingerprint density at radius 1 is 1.44 bits per heavy atom. The molecule has 0 unspecified atom stereocenters. The van der Waals surface area contributed by atoms with Gasteiger partial charge < -0.3 is 9.84 Å². The van der Waals surface area contributed by atoms with Crippen LogP contribution in [0, 0.1) is 23.2 Å². The zero-order valence-corrected chi connectivity index (χ0v) is 12.3. The maximum atomic E-state index is 9.87. The Morgan fingerprint density at radius 2 is 2.17 bits per heavy atom. The molecule has 2 aliphatic rings. The lowest BCUT2D eigenvalue weighted by Crippen LogP contribution is -2.56. The van der Waals surface area contributed by atoms with Crippen molar-refractivity contribution in [2.75, 3.05) is 13.2 Å². The van der Waals surface area contributed by atoms with Gasteiger partial charge in [-0.3, -0.25) is 0 Å². The molecule has 2 heteroatoms. The number of hydrogen-bond donors (Lipinski definition) is 1. The van der Waals surface area contributed by atoms with E-state index in [0.717, 1.165) is 13.0 Å². The molecule has 18 heavy (non-hydrogen) atoms. The predicted octanol–water partition coefficient (Wildman–Crippen LogP) is 3.40. The molecule has 1 aliphatic carbocycles. The fourth-order valence-electron chi connectivity index (χ4n) is 4.08. The van der Waals surface area contributed by atoms with Gasteiger partial charge in [-0.25, -0.2) is 0 Å². The van der Waals surface area contributed by atoms with Crippen molar-refractivity contribution in [1.82, 2.24) is 0 Å². The van der Waals surface area contributed by atoms with Gasteiger partial charge in [0.05, 0.1) is 19.3 Å². The average molecular weight is 252 g/mol. The van der Waals surface area contributed by atoms with Crippen molar-refractivity contribution in [2.45, 2.75) is 53.1 Å². The van der Waals surface area contributed by atoms with Gasteiger partial charge in [0.2, 0.25) is 0 Å². The van der Waals surface area contributed by atoms with E-state index in [2.05, 4.69) is 33.8 Å². The Bertz CT molecular complexity index is 323. The number of allylic oxidation sites excluding steroid dienone is 1. The van der Waals surface area contributed by atoms with Gasteiger partial charge in [-0.15, -0.1) is 0 Å². The van der Waals surface area contributed by atoms with Gasteiger partial charge in [0, 0.05) is 11.3 Å². The van der Waals surface area contributed by atoms with Gasteiger partial charge in [-0.1, -0.05) is 45.3 Å². The second-order valence-electron chi connectivity index (χ2n) is 6.40. The SMILES string of the molecule is CCCC[C@H]1OC[C@@]2(CO)[C@H](C)C=C(C)[C@@H]1[C@H]2C. The van der Waals surface area contributed by atoms with Crippen LogP contribution in [0.5, 0.6) is 0 Å². The highest BCUT2D eigenvalue weighted by Gasteiger charge is 2.52. The van der Waals surface area contributed by atoms with E-state index in [4.69, 9.17) is 4.74 Å². The number of unbranched alkanes of at least 4 members (excludes halogenated alkanes) is 1. The van der Waals surface area contributed by atoms with Crippen LogP contribution in [0.15, 0.2) is 11.6 Å². The number of hydrogen-bond acceptors (Lipinski definition) is 2. The van der Waals surface area contributed by atoms with Crippen molar-refractivity contribution in [3.63, 3.8) is 0 Å². The molecule has 0 aromatic heterocycles. The summed E-state index contributed by atoms with van der Waals surface area (Å²) in [5.41, 5.74) is 1.42. The van der Waals surface area contributed by atoms with Crippen LogP contribution in [0.1, 0.15) is 47.0 Å². The van der Waals surface area contributed by atoms with E-state index in [9.17, 15) is 5.11 Å². The standard InChI is InChI=1S/C16H28O2/c1-5-6-7-14-15-11(2)8-12(3)16(9-17,10-18-14)13(15)4/h8,12-15,17H,5-7,9-10H2,1-4H3/t12-,13-,14-,15-,16+/m1/s1. The minimum Gasteiger partial charge on any atom is -0.396 e. The van der Waals surface area contributed by atoms with Crippen LogP contribution >= 0.6 is 0 Å². The zero-order chi connectivity index (χ0) is 13.3. The summed E-state index contributed by atoms with van der Waals surface area (Å²) < 4.78 is 6.15. The number of fused-ring (bicyclic) bond motifs is 2. The van der Waals surface area contributed by atoms with Crippen LogP contribution < -0.4 is 0 Å². The maximum absolute atomic E-state index is 9.87. The Kier molecular flexibility index (Phi) is 4.18. The molecule has 0 amide bonds. The van der Waals surface area contributed by atoms with Crippen molar-refractivity contribution >= 4 is 0 Å². The fourth-order valence-corrected chi connectivity index (χ4v) is 4.08. The Labute approximate surface area is 111 Å². The van der Waals surface area contributed by atoms with Gasteiger partial charge in [0.25, 0.3) is 0 Å². The highest BCUT2D eigenvalue weighted by atomic mass is 16.5. The van der Waals surface area contributed by atoms with Crippen molar-refractivity contribution < 1.29 is 9.84 Å². The first-order chi connectivity index (χ1) is 8.56. The summed E-state index contributed by atoms with van der Waals surface area (Å²) in [7, 11) is 0. The molecule has 104 valence electrons. The van der Waals surface area contributed by atoms with Crippen LogP contribution in [0.2, 0.25) is 0 Å². The molecule has 1 heterocycles. The molecule has 1 fully saturated rings. The van der Waals surface area contributed by atoms with E-state index in [1.807, 2.05) is 0 Å². The molecule has 0 aromatic carbocycles. The molecule has 0 radical (unpaired) electrons. The average Bonchev–Trinajstić information content (AvgIpc) is 2.34. The second kappa shape index (κ2) is 5.34. The monoisotopic (exact) mass is 252 g/mol. The largest absolute Gasteiger partial charge is 0.396 e. The van der Waals surface area contributed by atoms with E-state index < -0.39 is 0 Å². The Balaban J connectivity index is 2.26. The summed E-state index contributed by atoms with van der Waals surface area (Å²) in [4.78, 5) is 0. The molecule has 1 saturated heterocycles. The highest BCUT2D eigenvalue weighted by Crippen LogP contribution is 2.52. The molecular formula is C16H28O2. The molecule has 1 N–H and O–H groups in total. The molecule has 0 spiro atoms. The van der Waals surface area contributed by atoms with E-state index in [0.29, 0.717) is 23.9 Å². The Hall–Kier alpha value is -0.340. The fraction of sp³-hybridized carbons (Fsp3) is 0.875. The molecule has 2 rings (SSSR count). The molecule has 0 aromatic rings. The van der Waals surface area contributed by atoms with Crippen molar-refractivity contribution in [3.8, 4) is 0 Å². The summed E-state index contributed by atoms with van der Waals surface area (Å²) in [6, 6.07) is 0. The smallest absolute Gasteiger partial charge is 0.0643 e. The third-order valence-corrected chi connectivity index (χ3v) is 5.49. The Morgan fingerprint density at radius 3 is 2.78 bits per heavy atom. The summed E-state index contributed by atoms with van der Waals surface area (Å²) in [6.45, 7) is 9.98. The zero-order valence-electron chi connectivity index (χ0n) is 12.3. The lowest BCUT2D eigenvalue weighted by atomic mass is 9.56. The van der Waals surface area contributed by atoms with Gasteiger partial charge >= 0.3 is 0 Å². The second-order valence-corrected chi connectivity index (χ2v) is 6.40. The number of ether oxygens (including phenoxy) is 1. The molecule has 5 atom stereocenters. The summed E-state index contributed by atoms with van der Waals surface area (Å²) in [5.74, 6) is 1.45. The van der Waals surface area contributed by atoms with E-state index in [1.165, 1.54) is 18.4 Å². The van der Waals surface area contributed by atoms with Gasteiger partial charge in [-0.05, 0) is 25.2 Å². The topological polar surface area (TPSA) is 29.5 Å². The minimum absolute atomic E-state index is 0.0487. The van der Waals surface area contributed by atoms with Crippen molar-refractivity contribution in [1.29, 1.82) is 0 Å². The lowest BCUT2D eigenvalue weighted by Gasteiger charge is -2.55. The van der Waals surface area contributed by atoms with E-state index in [-0.39, 0.29) is 12.0 Å². The molecule has 2 nitrogen and oxygen atoms in total. The van der Waals surface area contributed by atoms with E-state index >= 15 is 0 Å². The van der Waals surface area contributed by atoms with Crippen molar-refractivity contribution in [3.05, 3.63) is 11.6 Å². The first-order valence-corrected chi connectivity index (χ1v) is 7.47. The third-order valence-electron chi connectivity index (χ3n) is 5.49. The summed E-state index contributed by atoms with van der Waals surface area (Å²) in [6.07, 6.45) is 6.37. The third kappa shape index (κ3) is 2.04. The van der Waals surface area contributed by atoms with Crippen LogP contribution in [-0.2, 0) is 4.74 Å². The summed E-state index contributed by atoms with van der Waals surface area (Å²) >= 11 is 0. The van der Waals surface area contributed by atoms with Gasteiger partial charge in [0.15, 0.2) is 0 Å². The van der Waals surface area contributed by atoms with E-state index in [1.54, 1.807) is 0 Å². The highest BCUT2D eigenvalue weighted by molar-refractivity contribution is 5.20. The molecule has 2 bridgehead atoms. The van der Waals surface area contributed by atoms with Crippen LogP contribution in [0.3, 0.4) is 0 Å². The molecular weight excluding hydrogens is 224 g/mol. The first-order valence-electron chi connectivity index (χ1n) is 7.47. The maximum Gasteiger partial charge on any atom is 0.0643 e. The first kappa shape index (κ1) is 14.1. The van der Waals surface area contributed by atoms with Crippen LogP contribution in [-0.4, -0.2) is 24.4 Å². The normalized spacial score (nSPS) is 43.7. The minimum atomic E-state index is -0.0487. The number of aliphatic hydroxyl groups is 1. The lowest BCUT2D eigenvalue weighted by molar-refractivity contribution is -0.164. The number of aliphatic hydroxyl groups excluding tert-OH is 1. The summed E-state index contributed by atoms with van der Waals surface area (Å²) in [5, 5.41) is 9.87. The van der Waals surface area contributed by atoms with Gasteiger partial charge in [0.1, 0.15) is 0 Å². The molecule has 0 saturated carbocycles.